The smallest absolute Gasteiger partial charge is 0.244 e. The van der Waals surface area contributed by atoms with Gasteiger partial charge in [0.15, 0.2) is 0 Å². The summed E-state index contributed by atoms with van der Waals surface area (Å²) in [5, 5.41) is 2.70. The molecule has 168 valence electrons. The minimum atomic E-state index is -3.52. The Morgan fingerprint density at radius 2 is 1.88 bits per heavy atom. The van der Waals surface area contributed by atoms with Gasteiger partial charge in [-0.15, -0.1) is 0 Å². The van der Waals surface area contributed by atoms with Crippen molar-refractivity contribution in [2.24, 2.45) is 0 Å². The monoisotopic (exact) mass is 456 g/mol. The highest BCUT2D eigenvalue weighted by molar-refractivity contribution is 7.89. The Morgan fingerprint density at radius 3 is 2.47 bits per heavy atom. The van der Waals surface area contributed by atoms with E-state index in [1.807, 2.05) is 0 Å². The molecule has 0 saturated carbocycles. The van der Waals surface area contributed by atoms with Crippen LogP contribution < -0.4 is 5.32 Å². The second-order valence-electron chi connectivity index (χ2n) is 6.97. The molecule has 1 N–H and O–H groups in total. The van der Waals surface area contributed by atoms with Crippen molar-refractivity contribution in [2.75, 3.05) is 13.1 Å². The van der Waals surface area contributed by atoms with Crippen LogP contribution in [0.4, 0.5) is 4.39 Å². The number of carbonyl (C=O) groups excluding carboxylic acids is 1. The Morgan fingerprint density at radius 1 is 1.16 bits per heavy atom. The van der Waals surface area contributed by atoms with Crippen LogP contribution in [0.2, 0.25) is 0 Å². The van der Waals surface area contributed by atoms with Crippen LogP contribution in [0.3, 0.4) is 0 Å². The molecule has 2 aromatic carbocycles. The van der Waals surface area contributed by atoms with E-state index in [0.717, 1.165) is 0 Å². The molecule has 3 aromatic rings. The Balaban J connectivity index is 1.58. The third-order valence-corrected chi connectivity index (χ3v) is 6.98. The third-order valence-electron chi connectivity index (χ3n) is 4.91. The summed E-state index contributed by atoms with van der Waals surface area (Å²) in [6, 6.07) is 11.1. The molecule has 0 fully saturated rings. The maximum atomic E-state index is 14.3. The molecule has 1 aromatic heterocycles. The van der Waals surface area contributed by atoms with Gasteiger partial charge in [-0.1, -0.05) is 32.0 Å². The maximum absolute atomic E-state index is 14.3. The number of sulfonamides is 1. The van der Waals surface area contributed by atoms with Crippen molar-refractivity contribution >= 4 is 22.0 Å². The van der Waals surface area contributed by atoms with Gasteiger partial charge in [0.05, 0.1) is 16.9 Å². The van der Waals surface area contributed by atoms with Gasteiger partial charge in [0.1, 0.15) is 5.82 Å². The second kappa shape index (κ2) is 10.3. The predicted molar refractivity (Wildman–Crippen MR) is 121 cm³/mol. The van der Waals surface area contributed by atoms with Crippen LogP contribution in [0, 0.1) is 5.82 Å². The summed E-state index contributed by atoms with van der Waals surface area (Å²) in [4.78, 5) is 16.2. The highest BCUT2D eigenvalue weighted by atomic mass is 32.2. The lowest BCUT2D eigenvalue weighted by Gasteiger charge is -2.18. The molecule has 7 nitrogen and oxygen atoms in total. The van der Waals surface area contributed by atoms with Gasteiger partial charge in [-0.2, -0.15) is 4.31 Å². The van der Waals surface area contributed by atoms with Crippen LogP contribution >= 0.6 is 0 Å². The first-order chi connectivity index (χ1) is 15.3. The summed E-state index contributed by atoms with van der Waals surface area (Å²) in [5.74, 6) is -0.756. The van der Waals surface area contributed by atoms with Crippen LogP contribution in [0.25, 0.3) is 11.8 Å². The van der Waals surface area contributed by atoms with Crippen LogP contribution in [0.15, 0.2) is 72.2 Å². The summed E-state index contributed by atoms with van der Waals surface area (Å²) in [5.41, 5.74) is 1.69. The molecule has 0 aliphatic rings. The number of nitrogens with one attached hydrogen (secondary N) is 1. The van der Waals surface area contributed by atoms with Gasteiger partial charge in [0.25, 0.3) is 0 Å². The SMILES string of the molecule is CCN(CC)S(=O)(=O)c1ccc(/C=C/C(=O)NCc2ccc(-n3ccnc3)c(F)c2)cc1. The van der Waals surface area contributed by atoms with Gasteiger partial charge >= 0.3 is 0 Å². The molecule has 0 radical (unpaired) electrons. The molecule has 0 atom stereocenters. The van der Waals surface area contributed by atoms with Gasteiger partial charge in [0.2, 0.25) is 15.9 Å². The Labute approximate surface area is 187 Å². The molecular weight excluding hydrogens is 431 g/mol. The number of rotatable bonds is 9. The van der Waals surface area contributed by atoms with E-state index in [1.165, 1.54) is 34.9 Å². The molecule has 1 heterocycles. The molecule has 0 aliphatic heterocycles. The minimum absolute atomic E-state index is 0.172. The molecule has 0 aliphatic carbocycles. The van der Waals surface area contributed by atoms with Gasteiger partial charge in [-0.05, 0) is 41.5 Å². The average molecular weight is 457 g/mol. The van der Waals surface area contributed by atoms with Crippen molar-refractivity contribution in [1.29, 1.82) is 0 Å². The van der Waals surface area contributed by atoms with E-state index in [9.17, 15) is 17.6 Å². The molecule has 3 rings (SSSR count). The summed E-state index contributed by atoms with van der Waals surface area (Å²) in [6.07, 6.45) is 7.67. The fraction of sp³-hybridized carbons (Fsp3) is 0.217. The quantitative estimate of drug-likeness (QED) is 0.501. The topological polar surface area (TPSA) is 84.3 Å². The van der Waals surface area contributed by atoms with Gasteiger partial charge in [0, 0.05) is 38.1 Å². The highest BCUT2D eigenvalue weighted by Gasteiger charge is 2.20. The predicted octanol–water partition coefficient (Wildman–Crippen LogP) is 3.37. The van der Waals surface area contributed by atoms with Gasteiger partial charge < -0.3 is 9.88 Å². The molecule has 32 heavy (non-hydrogen) atoms. The number of benzene rings is 2. The summed E-state index contributed by atoms with van der Waals surface area (Å²) in [6.45, 7) is 4.55. The number of hydrogen-bond donors (Lipinski definition) is 1. The minimum Gasteiger partial charge on any atom is -0.348 e. The van der Waals surface area contributed by atoms with Crippen molar-refractivity contribution in [3.63, 3.8) is 0 Å². The fourth-order valence-corrected chi connectivity index (χ4v) is 4.61. The molecule has 0 unspecified atom stereocenters. The van der Waals surface area contributed by atoms with E-state index in [1.54, 1.807) is 61.1 Å². The number of nitrogens with zero attached hydrogens (tertiary/aromatic N) is 3. The fourth-order valence-electron chi connectivity index (χ4n) is 3.15. The first kappa shape index (κ1) is 23.4. The van der Waals surface area contributed by atoms with Crippen molar-refractivity contribution in [2.45, 2.75) is 25.3 Å². The van der Waals surface area contributed by atoms with E-state index in [-0.39, 0.29) is 17.3 Å². The first-order valence-corrected chi connectivity index (χ1v) is 11.6. The Kier molecular flexibility index (Phi) is 7.55. The number of imidazole rings is 1. The van der Waals surface area contributed by atoms with Crippen LogP contribution in [0.1, 0.15) is 25.0 Å². The highest BCUT2D eigenvalue weighted by Crippen LogP contribution is 2.17. The lowest BCUT2D eigenvalue weighted by atomic mass is 10.2. The zero-order chi connectivity index (χ0) is 23.1. The summed E-state index contributed by atoms with van der Waals surface area (Å²) < 4.78 is 42.3. The maximum Gasteiger partial charge on any atom is 0.244 e. The summed E-state index contributed by atoms with van der Waals surface area (Å²) >= 11 is 0. The van der Waals surface area contributed by atoms with E-state index >= 15 is 0 Å². The molecular formula is C23H25FN4O3S. The average Bonchev–Trinajstić information content (AvgIpc) is 3.32. The molecule has 0 spiro atoms. The van der Waals surface area contributed by atoms with Crippen LogP contribution in [-0.4, -0.2) is 41.3 Å². The number of amides is 1. The zero-order valence-corrected chi connectivity index (χ0v) is 18.7. The normalized spacial score (nSPS) is 11.9. The lowest BCUT2D eigenvalue weighted by molar-refractivity contribution is -0.116. The van der Waals surface area contributed by atoms with Crippen molar-refractivity contribution in [3.8, 4) is 5.69 Å². The molecule has 1 amide bonds. The first-order valence-electron chi connectivity index (χ1n) is 10.2. The largest absolute Gasteiger partial charge is 0.348 e. The van der Waals surface area contributed by atoms with Crippen molar-refractivity contribution in [3.05, 3.63) is 84.2 Å². The molecule has 9 heteroatoms. The number of hydrogen-bond acceptors (Lipinski definition) is 4. The van der Waals surface area contributed by atoms with Gasteiger partial charge in [-0.3, -0.25) is 4.79 Å². The van der Waals surface area contributed by atoms with E-state index in [0.29, 0.717) is 29.9 Å². The summed E-state index contributed by atoms with van der Waals surface area (Å²) in [7, 11) is -3.52. The third kappa shape index (κ3) is 5.49. The van der Waals surface area contributed by atoms with E-state index < -0.39 is 15.8 Å². The molecule has 0 bridgehead atoms. The number of aromatic nitrogens is 2. The standard InChI is InChI=1S/C23H25FN4O3S/c1-3-28(4-2)32(30,31)20-9-5-18(6-10-20)8-12-23(29)26-16-19-7-11-22(21(24)15-19)27-14-13-25-17-27/h5-15,17H,3-4,16H2,1-2H3,(H,26,29)/b12-8+. The van der Waals surface area contributed by atoms with E-state index in [4.69, 9.17) is 0 Å². The zero-order valence-electron chi connectivity index (χ0n) is 17.9. The number of halogens is 1. The second-order valence-corrected chi connectivity index (χ2v) is 8.90. The van der Waals surface area contributed by atoms with Crippen LogP contribution in [-0.2, 0) is 21.4 Å². The molecule has 0 saturated heterocycles. The van der Waals surface area contributed by atoms with Crippen molar-refractivity contribution < 1.29 is 17.6 Å². The van der Waals surface area contributed by atoms with Crippen molar-refractivity contribution in [1.82, 2.24) is 19.2 Å². The number of carbonyl (C=O) groups is 1. The van der Waals surface area contributed by atoms with E-state index in [2.05, 4.69) is 10.3 Å². The Hall–Kier alpha value is -3.30. The lowest BCUT2D eigenvalue weighted by Crippen LogP contribution is -2.30. The Bertz CT molecular complexity index is 1190. The van der Waals surface area contributed by atoms with Crippen LogP contribution in [0.5, 0.6) is 0 Å². The van der Waals surface area contributed by atoms with Gasteiger partial charge in [-0.25, -0.2) is 17.8 Å².